The molecule has 1 aromatic heterocycles. The summed E-state index contributed by atoms with van der Waals surface area (Å²) >= 11 is 0. The number of amides is 1. The van der Waals surface area contributed by atoms with Gasteiger partial charge in [0.25, 0.3) is 5.56 Å². The summed E-state index contributed by atoms with van der Waals surface area (Å²) in [5, 5.41) is 13.2. The van der Waals surface area contributed by atoms with Crippen LogP contribution in [-0.2, 0) is 11.2 Å². The first kappa shape index (κ1) is 18.4. The Morgan fingerprint density at radius 2 is 1.85 bits per heavy atom. The molecule has 1 amide bonds. The Labute approximate surface area is 157 Å². The third-order valence-corrected chi connectivity index (χ3v) is 4.70. The Balaban J connectivity index is 1.87. The molecule has 2 N–H and O–H groups in total. The van der Waals surface area contributed by atoms with Crippen molar-refractivity contribution in [1.82, 2.24) is 4.98 Å². The molecule has 0 radical (unpaired) electrons. The molecule has 0 bridgehead atoms. The summed E-state index contributed by atoms with van der Waals surface area (Å²) in [6, 6.07) is 15.3. The van der Waals surface area contributed by atoms with E-state index >= 15 is 0 Å². The van der Waals surface area contributed by atoms with E-state index in [0.29, 0.717) is 11.3 Å². The Hall–Kier alpha value is -3.39. The van der Waals surface area contributed by atoms with E-state index < -0.39 is 11.8 Å². The molecule has 0 saturated carbocycles. The van der Waals surface area contributed by atoms with E-state index in [1.165, 1.54) is 0 Å². The Morgan fingerprint density at radius 3 is 2.52 bits per heavy atom. The standard InChI is InChI=1S/C22H21N3O2/c1-13-7-8-16-10-17(21(26)24-19(16)9-13)11-18(12-23)22(27)25-20-14(2)5-4-6-15(20)3/h4-10,18H,11H2,1-3H3,(H,24,26)(H,25,27)/t18-/m1/s1. The molecule has 0 aliphatic rings. The number of pyridine rings is 1. The minimum absolute atomic E-state index is 0.0619. The van der Waals surface area contributed by atoms with Crippen molar-refractivity contribution >= 4 is 22.5 Å². The number of carbonyl (C=O) groups is 1. The molecule has 0 saturated heterocycles. The highest BCUT2D eigenvalue weighted by Gasteiger charge is 2.21. The van der Waals surface area contributed by atoms with Crippen molar-refractivity contribution in [3.05, 3.63) is 75.1 Å². The van der Waals surface area contributed by atoms with Gasteiger partial charge in [0.15, 0.2) is 0 Å². The van der Waals surface area contributed by atoms with E-state index in [-0.39, 0.29) is 12.0 Å². The number of nitriles is 1. The van der Waals surface area contributed by atoms with Gasteiger partial charge < -0.3 is 10.3 Å². The molecular formula is C22H21N3O2. The second-order valence-electron chi connectivity index (χ2n) is 6.86. The van der Waals surface area contributed by atoms with Crippen molar-refractivity contribution in [2.45, 2.75) is 27.2 Å². The lowest BCUT2D eigenvalue weighted by Gasteiger charge is -2.14. The normalized spacial score (nSPS) is 11.8. The van der Waals surface area contributed by atoms with Gasteiger partial charge in [-0.3, -0.25) is 9.59 Å². The number of aromatic nitrogens is 1. The quantitative estimate of drug-likeness (QED) is 0.743. The zero-order valence-electron chi connectivity index (χ0n) is 15.6. The number of benzene rings is 2. The first-order chi connectivity index (χ1) is 12.9. The van der Waals surface area contributed by atoms with Crippen molar-refractivity contribution in [2.75, 3.05) is 5.32 Å². The van der Waals surface area contributed by atoms with Gasteiger partial charge >= 0.3 is 0 Å². The highest BCUT2D eigenvalue weighted by atomic mass is 16.2. The Kier molecular flexibility index (Phi) is 5.09. The second-order valence-corrected chi connectivity index (χ2v) is 6.86. The van der Waals surface area contributed by atoms with Crippen LogP contribution in [0.2, 0.25) is 0 Å². The van der Waals surface area contributed by atoms with Gasteiger partial charge in [0, 0.05) is 23.2 Å². The van der Waals surface area contributed by atoms with Gasteiger partial charge in [-0.25, -0.2) is 0 Å². The average Bonchev–Trinajstić information content (AvgIpc) is 2.63. The summed E-state index contributed by atoms with van der Waals surface area (Å²) in [7, 11) is 0. The first-order valence-corrected chi connectivity index (χ1v) is 8.78. The predicted octanol–water partition coefficient (Wildman–Crippen LogP) is 3.77. The second kappa shape index (κ2) is 7.46. The molecule has 1 atom stereocenters. The van der Waals surface area contributed by atoms with Gasteiger partial charge in [-0.15, -0.1) is 0 Å². The minimum atomic E-state index is -0.951. The topological polar surface area (TPSA) is 85.8 Å². The highest BCUT2D eigenvalue weighted by molar-refractivity contribution is 5.95. The number of aromatic amines is 1. The third kappa shape index (κ3) is 3.90. The van der Waals surface area contributed by atoms with Crippen molar-refractivity contribution in [3.63, 3.8) is 0 Å². The largest absolute Gasteiger partial charge is 0.324 e. The number of hydrogen-bond donors (Lipinski definition) is 2. The maximum Gasteiger partial charge on any atom is 0.251 e. The lowest BCUT2D eigenvalue weighted by atomic mass is 9.98. The number of fused-ring (bicyclic) bond motifs is 1. The smallest absolute Gasteiger partial charge is 0.251 e. The molecule has 0 spiro atoms. The molecule has 1 heterocycles. The van der Waals surface area contributed by atoms with Crippen LogP contribution >= 0.6 is 0 Å². The van der Waals surface area contributed by atoms with Crippen LogP contribution in [0.3, 0.4) is 0 Å². The Bertz CT molecular complexity index is 1100. The number of H-pyrrole nitrogens is 1. The monoisotopic (exact) mass is 359 g/mol. The van der Waals surface area contributed by atoms with Crippen LogP contribution in [0.25, 0.3) is 10.9 Å². The van der Waals surface area contributed by atoms with Gasteiger partial charge in [0.05, 0.1) is 6.07 Å². The first-order valence-electron chi connectivity index (χ1n) is 8.78. The van der Waals surface area contributed by atoms with Crippen molar-refractivity contribution in [3.8, 4) is 6.07 Å². The van der Waals surface area contributed by atoms with E-state index in [2.05, 4.69) is 10.3 Å². The molecule has 0 fully saturated rings. The van der Waals surface area contributed by atoms with Crippen molar-refractivity contribution < 1.29 is 4.79 Å². The van der Waals surface area contributed by atoms with E-state index in [0.717, 1.165) is 27.6 Å². The van der Waals surface area contributed by atoms with Crippen LogP contribution < -0.4 is 10.9 Å². The number of anilines is 1. The fourth-order valence-electron chi connectivity index (χ4n) is 3.15. The van der Waals surface area contributed by atoms with Gasteiger partial charge in [0.1, 0.15) is 5.92 Å². The summed E-state index contributed by atoms with van der Waals surface area (Å²) in [6.07, 6.45) is 0.0619. The molecule has 136 valence electrons. The lowest BCUT2D eigenvalue weighted by Crippen LogP contribution is -2.26. The number of hydrogen-bond acceptors (Lipinski definition) is 3. The summed E-state index contributed by atoms with van der Waals surface area (Å²) in [6.45, 7) is 5.76. The van der Waals surface area contributed by atoms with Crippen LogP contribution in [0, 0.1) is 38.0 Å². The number of carbonyl (C=O) groups excluding carboxylic acids is 1. The molecule has 0 unspecified atom stereocenters. The number of nitrogens with one attached hydrogen (secondary N) is 2. The maximum absolute atomic E-state index is 12.6. The molecule has 5 heteroatoms. The predicted molar refractivity (Wildman–Crippen MR) is 107 cm³/mol. The molecule has 3 rings (SSSR count). The fourth-order valence-corrected chi connectivity index (χ4v) is 3.15. The zero-order valence-corrected chi connectivity index (χ0v) is 15.6. The summed E-state index contributed by atoms with van der Waals surface area (Å²) < 4.78 is 0. The highest BCUT2D eigenvalue weighted by Crippen LogP contribution is 2.21. The van der Waals surface area contributed by atoms with Crippen LogP contribution in [0.5, 0.6) is 0 Å². The molecule has 5 nitrogen and oxygen atoms in total. The van der Waals surface area contributed by atoms with E-state index in [9.17, 15) is 14.9 Å². The summed E-state index contributed by atoms with van der Waals surface area (Å²) in [5.41, 5.74) is 4.53. The summed E-state index contributed by atoms with van der Waals surface area (Å²) in [4.78, 5) is 27.9. The van der Waals surface area contributed by atoms with Crippen LogP contribution in [-0.4, -0.2) is 10.9 Å². The van der Waals surface area contributed by atoms with Crippen LogP contribution in [0.15, 0.2) is 47.3 Å². The SMILES string of the molecule is Cc1ccc2cc(C[C@H](C#N)C(=O)Nc3c(C)cccc3C)c(=O)[nH]c2c1. The van der Waals surface area contributed by atoms with Crippen molar-refractivity contribution in [2.24, 2.45) is 5.92 Å². The minimum Gasteiger partial charge on any atom is -0.324 e. The zero-order chi connectivity index (χ0) is 19.6. The molecule has 3 aromatic rings. The van der Waals surface area contributed by atoms with Crippen molar-refractivity contribution in [1.29, 1.82) is 5.26 Å². The van der Waals surface area contributed by atoms with E-state index in [1.807, 2.05) is 63.2 Å². The Morgan fingerprint density at radius 1 is 1.15 bits per heavy atom. The molecule has 0 aliphatic heterocycles. The van der Waals surface area contributed by atoms with Gasteiger partial charge in [-0.2, -0.15) is 5.26 Å². The van der Waals surface area contributed by atoms with Gasteiger partial charge in [0.2, 0.25) is 5.91 Å². The summed E-state index contributed by atoms with van der Waals surface area (Å²) in [5.74, 6) is -1.36. The van der Waals surface area contributed by atoms with E-state index in [1.54, 1.807) is 6.07 Å². The van der Waals surface area contributed by atoms with Crippen LogP contribution in [0.4, 0.5) is 5.69 Å². The molecule has 27 heavy (non-hydrogen) atoms. The molecule has 2 aromatic carbocycles. The third-order valence-electron chi connectivity index (χ3n) is 4.70. The number of para-hydroxylation sites is 1. The lowest BCUT2D eigenvalue weighted by molar-refractivity contribution is -0.118. The fraction of sp³-hybridized carbons (Fsp3) is 0.227. The van der Waals surface area contributed by atoms with Crippen LogP contribution in [0.1, 0.15) is 22.3 Å². The molecular weight excluding hydrogens is 338 g/mol. The number of nitrogens with zero attached hydrogens (tertiary/aromatic N) is 1. The average molecular weight is 359 g/mol. The van der Waals surface area contributed by atoms with Gasteiger partial charge in [-0.05, 0) is 55.0 Å². The van der Waals surface area contributed by atoms with E-state index in [4.69, 9.17) is 0 Å². The maximum atomic E-state index is 12.6. The molecule has 0 aliphatic carbocycles. The van der Waals surface area contributed by atoms with Gasteiger partial charge in [-0.1, -0.05) is 30.3 Å². The number of aryl methyl sites for hydroxylation is 3. The number of rotatable bonds is 4.